The van der Waals surface area contributed by atoms with Crippen LogP contribution in [-0.4, -0.2) is 24.7 Å². The number of pyridine rings is 1. The number of aryl methyl sites for hydroxylation is 1. The Hall–Kier alpha value is -2.56. The van der Waals surface area contributed by atoms with Crippen molar-refractivity contribution < 1.29 is 14.3 Å². The summed E-state index contributed by atoms with van der Waals surface area (Å²) >= 11 is 0. The molecule has 1 aliphatic heterocycles. The minimum Gasteiger partial charge on any atom is -0.497 e. The van der Waals surface area contributed by atoms with Crippen LogP contribution in [0.25, 0.3) is 0 Å². The average molecular weight is 326 g/mol. The van der Waals surface area contributed by atoms with E-state index in [9.17, 15) is 4.79 Å². The van der Waals surface area contributed by atoms with Gasteiger partial charge in [0.05, 0.1) is 25.0 Å². The highest BCUT2D eigenvalue weighted by Crippen LogP contribution is 2.24. The quantitative estimate of drug-likeness (QED) is 0.825. The van der Waals surface area contributed by atoms with E-state index in [1.807, 2.05) is 30.3 Å². The van der Waals surface area contributed by atoms with Gasteiger partial charge in [-0.2, -0.15) is 0 Å². The summed E-state index contributed by atoms with van der Waals surface area (Å²) in [6, 6.07) is 9.90. The molecule has 2 heterocycles. The highest BCUT2D eigenvalue weighted by atomic mass is 16.5. The predicted molar refractivity (Wildman–Crippen MR) is 92.5 cm³/mol. The van der Waals surface area contributed by atoms with E-state index in [2.05, 4.69) is 17.2 Å². The van der Waals surface area contributed by atoms with Crippen LogP contribution in [0.5, 0.6) is 5.75 Å². The number of benzene rings is 1. The number of hydrogen-bond acceptors (Lipinski definition) is 5. The number of anilines is 1. The van der Waals surface area contributed by atoms with E-state index in [0.717, 1.165) is 47.7 Å². The van der Waals surface area contributed by atoms with Gasteiger partial charge >= 0.3 is 5.97 Å². The monoisotopic (exact) mass is 326 g/mol. The molecule has 0 aliphatic carbocycles. The highest BCUT2D eigenvalue weighted by Gasteiger charge is 2.24. The van der Waals surface area contributed by atoms with E-state index < -0.39 is 0 Å². The summed E-state index contributed by atoms with van der Waals surface area (Å²) in [5.41, 5.74) is 3.67. The minimum absolute atomic E-state index is 0.242. The van der Waals surface area contributed by atoms with E-state index in [-0.39, 0.29) is 5.97 Å². The van der Waals surface area contributed by atoms with Crippen molar-refractivity contribution in [3.05, 3.63) is 52.7 Å². The van der Waals surface area contributed by atoms with Crippen molar-refractivity contribution in [2.24, 2.45) is 0 Å². The van der Waals surface area contributed by atoms with Crippen molar-refractivity contribution in [2.75, 3.05) is 19.0 Å². The molecule has 5 nitrogen and oxygen atoms in total. The van der Waals surface area contributed by atoms with Gasteiger partial charge in [0.25, 0.3) is 0 Å². The number of esters is 1. The van der Waals surface area contributed by atoms with Gasteiger partial charge in [0.1, 0.15) is 11.6 Å². The molecule has 5 heteroatoms. The molecule has 0 fully saturated rings. The average Bonchev–Trinajstić information content (AvgIpc) is 2.60. The topological polar surface area (TPSA) is 60.5 Å². The molecule has 24 heavy (non-hydrogen) atoms. The highest BCUT2D eigenvalue weighted by molar-refractivity contribution is 5.93. The zero-order valence-electron chi connectivity index (χ0n) is 14.1. The third kappa shape index (κ3) is 3.50. The fourth-order valence-corrected chi connectivity index (χ4v) is 2.87. The largest absolute Gasteiger partial charge is 0.497 e. The first kappa shape index (κ1) is 16.3. The summed E-state index contributed by atoms with van der Waals surface area (Å²) in [7, 11) is 1.66. The molecule has 1 aromatic heterocycles. The second kappa shape index (κ2) is 7.34. The molecule has 0 unspecified atom stereocenters. The fourth-order valence-electron chi connectivity index (χ4n) is 2.87. The normalized spacial score (nSPS) is 13.2. The first-order valence-electron chi connectivity index (χ1n) is 8.28. The summed E-state index contributed by atoms with van der Waals surface area (Å²) < 4.78 is 10.3. The second-order valence-electron chi connectivity index (χ2n) is 5.83. The number of rotatable bonds is 6. The van der Waals surface area contributed by atoms with E-state index >= 15 is 0 Å². The molecule has 2 aromatic rings. The second-order valence-corrected chi connectivity index (χ2v) is 5.83. The van der Waals surface area contributed by atoms with Crippen LogP contribution >= 0.6 is 0 Å². The third-order valence-electron chi connectivity index (χ3n) is 4.10. The Morgan fingerprint density at radius 2 is 2.08 bits per heavy atom. The van der Waals surface area contributed by atoms with E-state index in [1.165, 1.54) is 0 Å². The summed E-state index contributed by atoms with van der Waals surface area (Å²) in [4.78, 5) is 16.7. The molecule has 1 aliphatic rings. The third-order valence-corrected chi connectivity index (χ3v) is 4.10. The van der Waals surface area contributed by atoms with Crippen LogP contribution in [0.15, 0.2) is 30.3 Å². The molecule has 0 bridgehead atoms. The van der Waals surface area contributed by atoms with Crippen molar-refractivity contribution in [3.63, 3.8) is 0 Å². The van der Waals surface area contributed by atoms with Crippen molar-refractivity contribution in [1.82, 2.24) is 4.98 Å². The molecular weight excluding hydrogens is 304 g/mol. The lowest BCUT2D eigenvalue weighted by Crippen LogP contribution is -2.21. The summed E-state index contributed by atoms with van der Waals surface area (Å²) in [5.74, 6) is 1.41. The number of aromatic nitrogens is 1. The van der Waals surface area contributed by atoms with Gasteiger partial charge in [0.15, 0.2) is 0 Å². The van der Waals surface area contributed by atoms with Crippen molar-refractivity contribution >= 4 is 11.8 Å². The van der Waals surface area contributed by atoms with Crippen LogP contribution in [0.3, 0.4) is 0 Å². The van der Waals surface area contributed by atoms with E-state index in [1.54, 1.807) is 7.11 Å². The minimum atomic E-state index is -0.242. The first-order chi connectivity index (χ1) is 11.7. The predicted octanol–water partition coefficient (Wildman–Crippen LogP) is 3.37. The number of cyclic esters (lactones) is 1. The molecule has 3 rings (SSSR count). The number of methoxy groups -OCH3 is 1. The molecule has 126 valence electrons. The van der Waals surface area contributed by atoms with Crippen molar-refractivity contribution in [1.29, 1.82) is 0 Å². The number of fused-ring (bicyclic) bond motifs is 1. The maximum atomic E-state index is 12.0. The molecule has 0 atom stereocenters. The van der Waals surface area contributed by atoms with Gasteiger partial charge in [-0.25, -0.2) is 9.78 Å². The summed E-state index contributed by atoms with van der Waals surface area (Å²) in [5, 5.41) is 3.36. The number of hydrogen-bond donors (Lipinski definition) is 1. The number of carbonyl (C=O) groups excluding carboxylic acids is 1. The number of nitrogens with one attached hydrogen (secondary N) is 1. The van der Waals surface area contributed by atoms with Crippen molar-refractivity contribution in [2.45, 2.75) is 32.7 Å². The lowest BCUT2D eigenvalue weighted by Gasteiger charge is -2.20. The molecule has 0 amide bonds. The Labute approximate surface area is 142 Å². The Bertz CT molecular complexity index is 726. The summed E-state index contributed by atoms with van der Waals surface area (Å²) in [6.07, 6.45) is 2.46. The van der Waals surface area contributed by atoms with Gasteiger partial charge < -0.3 is 14.8 Å². The Balaban J connectivity index is 1.80. The van der Waals surface area contributed by atoms with Gasteiger partial charge in [-0.1, -0.05) is 25.5 Å². The van der Waals surface area contributed by atoms with Crippen LogP contribution < -0.4 is 10.1 Å². The summed E-state index contributed by atoms with van der Waals surface area (Å²) in [6.45, 7) is 3.20. The van der Waals surface area contributed by atoms with Gasteiger partial charge in [-0.15, -0.1) is 0 Å². The number of nitrogens with zero attached hydrogens (tertiary/aromatic N) is 1. The number of ether oxygens (including phenoxy) is 2. The van der Waals surface area contributed by atoms with Gasteiger partial charge in [0.2, 0.25) is 0 Å². The molecule has 0 saturated carbocycles. The lowest BCUT2D eigenvalue weighted by atomic mass is 9.99. The zero-order valence-corrected chi connectivity index (χ0v) is 14.1. The molecule has 0 spiro atoms. The van der Waals surface area contributed by atoms with Crippen LogP contribution in [0.2, 0.25) is 0 Å². The smallest absolute Gasteiger partial charge is 0.340 e. The van der Waals surface area contributed by atoms with Gasteiger partial charge in [-0.05, 0) is 35.7 Å². The Kier molecular flexibility index (Phi) is 4.99. The van der Waals surface area contributed by atoms with E-state index in [4.69, 9.17) is 9.47 Å². The fraction of sp³-hybridized carbons (Fsp3) is 0.368. The zero-order chi connectivity index (χ0) is 16.9. The SMILES string of the molecule is CCCc1nc(NCc2ccc(OC)cc2)cc2c1C(=O)OCC2. The van der Waals surface area contributed by atoms with Gasteiger partial charge in [0, 0.05) is 13.0 Å². The molecular formula is C19H22N2O3. The molecule has 0 radical (unpaired) electrons. The van der Waals surface area contributed by atoms with Crippen LogP contribution in [0.4, 0.5) is 5.82 Å². The van der Waals surface area contributed by atoms with Gasteiger partial charge in [-0.3, -0.25) is 0 Å². The first-order valence-corrected chi connectivity index (χ1v) is 8.28. The Morgan fingerprint density at radius 1 is 1.29 bits per heavy atom. The van der Waals surface area contributed by atoms with Crippen LogP contribution in [-0.2, 0) is 24.1 Å². The standard InChI is InChI=1S/C19H22N2O3/c1-3-4-16-18-14(9-10-24-19(18)22)11-17(21-16)20-12-13-5-7-15(23-2)8-6-13/h5-8,11H,3-4,9-10,12H2,1-2H3,(H,20,21). The van der Waals surface area contributed by atoms with Crippen LogP contribution in [0.1, 0.15) is 40.5 Å². The van der Waals surface area contributed by atoms with E-state index in [0.29, 0.717) is 18.7 Å². The maximum absolute atomic E-state index is 12.0. The number of carbonyl (C=O) groups is 1. The van der Waals surface area contributed by atoms with Crippen molar-refractivity contribution in [3.8, 4) is 5.75 Å². The lowest BCUT2D eigenvalue weighted by molar-refractivity contribution is 0.0478. The molecule has 1 N–H and O–H groups in total. The molecule has 0 saturated heterocycles. The molecule has 1 aromatic carbocycles. The maximum Gasteiger partial charge on any atom is 0.340 e. The van der Waals surface area contributed by atoms with Crippen LogP contribution in [0, 0.1) is 0 Å². The Morgan fingerprint density at radius 3 is 2.79 bits per heavy atom.